The predicted molar refractivity (Wildman–Crippen MR) is 60.7 cm³/mol. The molecule has 1 N–H and O–H groups in total. The Hall–Kier alpha value is -0.0800. The van der Waals surface area contributed by atoms with E-state index in [9.17, 15) is 0 Å². The van der Waals surface area contributed by atoms with E-state index >= 15 is 0 Å². The molecule has 0 aromatic heterocycles. The van der Waals surface area contributed by atoms with Crippen molar-refractivity contribution in [1.29, 1.82) is 0 Å². The van der Waals surface area contributed by atoms with Crippen LogP contribution in [-0.4, -0.2) is 25.3 Å². The highest BCUT2D eigenvalue weighted by atomic mass is 16.5. The Morgan fingerprint density at radius 3 is 2.80 bits per heavy atom. The maximum absolute atomic E-state index is 5.80. The molecule has 3 rings (SSSR count). The van der Waals surface area contributed by atoms with Crippen molar-refractivity contribution in [1.82, 2.24) is 5.32 Å². The lowest BCUT2D eigenvalue weighted by Crippen LogP contribution is -2.66. The maximum atomic E-state index is 5.80. The molecule has 0 aromatic rings. The van der Waals surface area contributed by atoms with Crippen molar-refractivity contribution in [2.24, 2.45) is 23.2 Å². The highest BCUT2D eigenvalue weighted by molar-refractivity contribution is 5.11. The lowest BCUT2D eigenvalue weighted by atomic mass is 9.57. The summed E-state index contributed by atoms with van der Waals surface area (Å²) in [6.45, 7) is 9.29. The molecule has 0 amide bonds. The van der Waals surface area contributed by atoms with Crippen LogP contribution >= 0.6 is 0 Å². The van der Waals surface area contributed by atoms with E-state index in [0.29, 0.717) is 17.6 Å². The lowest BCUT2D eigenvalue weighted by molar-refractivity contribution is -0.112. The highest BCUT2D eigenvalue weighted by Crippen LogP contribution is 2.52. The van der Waals surface area contributed by atoms with Crippen molar-refractivity contribution in [3.05, 3.63) is 0 Å². The molecule has 0 spiro atoms. The van der Waals surface area contributed by atoms with Crippen molar-refractivity contribution in [2.45, 2.75) is 45.8 Å². The summed E-state index contributed by atoms with van der Waals surface area (Å²) in [6.07, 6.45) is 3.24. The van der Waals surface area contributed by atoms with E-state index in [0.717, 1.165) is 24.4 Å². The standard InChI is InChI=1S/C13H23NO/c1-8-6-9(8)7-14-11-10-4-5-15-12(10)13(11,2)3/h8-12,14H,4-7H2,1-3H3. The van der Waals surface area contributed by atoms with Crippen LogP contribution in [0.1, 0.15) is 33.6 Å². The smallest absolute Gasteiger partial charge is 0.0685 e. The third-order valence-electron chi connectivity index (χ3n) is 4.98. The minimum atomic E-state index is 0.360. The molecule has 2 heteroatoms. The average Bonchev–Trinajstić information content (AvgIpc) is 2.72. The Bertz CT molecular complexity index is 263. The van der Waals surface area contributed by atoms with Gasteiger partial charge in [-0.05, 0) is 31.2 Å². The van der Waals surface area contributed by atoms with Crippen LogP contribution in [0.25, 0.3) is 0 Å². The first kappa shape index (κ1) is 10.1. The molecule has 3 fully saturated rings. The van der Waals surface area contributed by atoms with E-state index in [2.05, 4.69) is 26.1 Å². The number of fused-ring (bicyclic) bond motifs is 1. The lowest BCUT2D eigenvalue weighted by Gasteiger charge is -2.55. The van der Waals surface area contributed by atoms with Gasteiger partial charge in [-0.1, -0.05) is 20.8 Å². The fourth-order valence-electron chi connectivity index (χ4n) is 3.70. The van der Waals surface area contributed by atoms with Crippen LogP contribution in [0.2, 0.25) is 0 Å². The molecule has 3 aliphatic rings. The van der Waals surface area contributed by atoms with E-state index in [1.807, 2.05) is 0 Å². The number of nitrogens with one attached hydrogen (secondary N) is 1. The van der Waals surface area contributed by atoms with Gasteiger partial charge in [0, 0.05) is 24.0 Å². The molecule has 15 heavy (non-hydrogen) atoms. The van der Waals surface area contributed by atoms with Gasteiger partial charge in [-0.3, -0.25) is 0 Å². The minimum Gasteiger partial charge on any atom is -0.377 e. The maximum Gasteiger partial charge on any atom is 0.0685 e. The molecular formula is C13H23NO. The molecule has 2 nitrogen and oxygen atoms in total. The molecule has 1 heterocycles. The summed E-state index contributed by atoms with van der Waals surface area (Å²) < 4.78 is 5.80. The van der Waals surface area contributed by atoms with Crippen molar-refractivity contribution < 1.29 is 4.74 Å². The van der Waals surface area contributed by atoms with E-state index in [1.165, 1.54) is 19.4 Å². The zero-order valence-corrected chi connectivity index (χ0v) is 10.1. The molecule has 0 aromatic carbocycles. The van der Waals surface area contributed by atoms with Gasteiger partial charge in [0.15, 0.2) is 0 Å². The molecule has 86 valence electrons. The van der Waals surface area contributed by atoms with Gasteiger partial charge in [-0.15, -0.1) is 0 Å². The predicted octanol–water partition coefficient (Wildman–Crippen LogP) is 2.05. The largest absolute Gasteiger partial charge is 0.377 e. The Morgan fingerprint density at radius 1 is 1.40 bits per heavy atom. The third kappa shape index (κ3) is 1.45. The Balaban J connectivity index is 1.56. The molecule has 0 bridgehead atoms. The van der Waals surface area contributed by atoms with Gasteiger partial charge in [0.2, 0.25) is 0 Å². The van der Waals surface area contributed by atoms with Gasteiger partial charge in [0.05, 0.1) is 6.10 Å². The first-order chi connectivity index (χ1) is 7.10. The topological polar surface area (TPSA) is 21.3 Å². The van der Waals surface area contributed by atoms with Crippen LogP contribution in [0.3, 0.4) is 0 Å². The quantitative estimate of drug-likeness (QED) is 0.768. The van der Waals surface area contributed by atoms with Gasteiger partial charge < -0.3 is 10.1 Å². The summed E-state index contributed by atoms with van der Waals surface area (Å²) in [7, 11) is 0. The molecule has 2 aliphatic carbocycles. The molecule has 1 saturated heterocycles. The van der Waals surface area contributed by atoms with Gasteiger partial charge >= 0.3 is 0 Å². The van der Waals surface area contributed by atoms with Crippen molar-refractivity contribution in [3.63, 3.8) is 0 Å². The molecular weight excluding hydrogens is 186 g/mol. The first-order valence-electron chi connectivity index (χ1n) is 6.45. The van der Waals surface area contributed by atoms with Gasteiger partial charge in [0.1, 0.15) is 0 Å². The second-order valence-electron chi connectivity index (χ2n) is 6.42. The zero-order chi connectivity index (χ0) is 10.6. The summed E-state index contributed by atoms with van der Waals surface area (Å²) in [5.41, 5.74) is 0.360. The number of hydrogen-bond acceptors (Lipinski definition) is 2. The van der Waals surface area contributed by atoms with E-state index in [1.54, 1.807) is 0 Å². The van der Waals surface area contributed by atoms with Crippen LogP contribution in [-0.2, 0) is 4.74 Å². The van der Waals surface area contributed by atoms with Crippen LogP contribution in [0.4, 0.5) is 0 Å². The molecule has 2 saturated carbocycles. The normalized spacial score (nSPS) is 51.0. The van der Waals surface area contributed by atoms with Crippen molar-refractivity contribution >= 4 is 0 Å². The SMILES string of the molecule is CC1CC1CNC1C2CCOC2C1(C)C. The second-order valence-corrected chi connectivity index (χ2v) is 6.42. The fourth-order valence-corrected chi connectivity index (χ4v) is 3.70. The van der Waals surface area contributed by atoms with Crippen LogP contribution in [0.15, 0.2) is 0 Å². The van der Waals surface area contributed by atoms with E-state index in [-0.39, 0.29) is 0 Å². The van der Waals surface area contributed by atoms with Crippen LogP contribution < -0.4 is 5.32 Å². The Kier molecular flexibility index (Phi) is 2.16. The van der Waals surface area contributed by atoms with Crippen molar-refractivity contribution in [3.8, 4) is 0 Å². The van der Waals surface area contributed by atoms with E-state index < -0.39 is 0 Å². The summed E-state index contributed by atoms with van der Waals surface area (Å²) in [5.74, 6) is 2.73. The number of ether oxygens (including phenoxy) is 1. The van der Waals surface area contributed by atoms with Gasteiger partial charge in [0.25, 0.3) is 0 Å². The van der Waals surface area contributed by atoms with E-state index in [4.69, 9.17) is 4.74 Å². The second kappa shape index (κ2) is 3.21. The Morgan fingerprint density at radius 2 is 2.13 bits per heavy atom. The van der Waals surface area contributed by atoms with Crippen LogP contribution in [0, 0.1) is 23.2 Å². The fraction of sp³-hybridized carbons (Fsp3) is 1.00. The highest BCUT2D eigenvalue weighted by Gasteiger charge is 2.59. The average molecular weight is 209 g/mol. The summed E-state index contributed by atoms with van der Waals surface area (Å²) in [6, 6.07) is 0.706. The van der Waals surface area contributed by atoms with Crippen LogP contribution in [0.5, 0.6) is 0 Å². The molecule has 5 atom stereocenters. The Labute approximate surface area is 92.8 Å². The molecule has 0 radical (unpaired) electrons. The molecule has 1 aliphatic heterocycles. The minimum absolute atomic E-state index is 0.360. The van der Waals surface area contributed by atoms with Crippen molar-refractivity contribution in [2.75, 3.05) is 13.2 Å². The number of rotatable bonds is 3. The first-order valence-corrected chi connectivity index (χ1v) is 6.45. The summed E-state index contributed by atoms with van der Waals surface area (Å²) in [4.78, 5) is 0. The van der Waals surface area contributed by atoms with Gasteiger partial charge in [-0.2, -0.15) is 0 Å². The monoisotopic (exact) mass is 209 g/mol. The third-order valence-corrected chi connectivity index (χ3v) is 4.98. The molecule has 5 unspecified atom stereocenters. The van der Waals surface area contributed by atoms with Gasteiger partial charge in [-0.25, -0.2) is 0 Å². The summed E-state index contributed by atoms with van der Waals surface area (Å²) >= 11 is 0. The zero-order valence-electron chi connectivity index (χ0n) is 10.1. The number of hydrogen-bond donors (Lipinski definition) is 1. The summed E-state index contributed by atoms with van der Waals surface area (Å²) in [5, 5.41) is 3.79.